The molecule has 0 aromatic heterocycles. The van der Waals surface area contributed by atoms with Crippen molar-refractivity contribution in [3.63, 3.8) is 0 Å². The van der Waals surface area contributed by atoms with Crippen LogP contribution in [0.4, 0.5) is 0 Å². The fraction of sp³-hybridized carbons (Fsp3) is 0.300. The Balaban J connectivity index is 2.17. The van der Waals surface area contributed by atoms with E-state index in [4.69, 9.17) is 4.74 Å². The summed E-state index contributed by atoms with van der Waals surface area (Å²) >= 11 is 0. The highest BCUT2D eigenvalue weighted by Gasteiger charge is 2.43. The molecule has 1 atom stereocenters. The van der Waals surface area contributed by atoms with Crippen molar-refractivity contribution in [1.29, 1.82) is 0 Å². The lowest BCUT2D eigenvalue weighted by molar-refractivity contribution is 0.0691. The first-order valence-electron chi connectivity index (χ1n) is 8.61. The Morgan fingerprint density at radius 2 is 1.81 bits per heavy atom. The van der Waals surface area contributed by atoms with Crippen molar-refractivity contribution < 1.29 is 28.2 Å². The van der Waals surface area contributed by atoms with Crippen LogP contribution in [-0.4, -0.2) is 29.5 Å². The molecular formula is C20H20O6S. The SMILES string of the molecule is Cc1ccc(C2(Oc3ccc(O)c(C(=O)O)c3)CCCCC2=S(=O)=O)cc1. The summed E-state index contributed by atoms with van der Waals surface area (Å²) in [6.07, 6.45) is 2.37. The summed E-state index contributed by atoms with van der Waals surface area (Å²) in [5.41, 5.74) is 0.252. The largest absolute Gasteiger partial charge is 0.507 e. The Morgan fingerprint density at radius 1 is 1.11 bits per heavy atom. The first kappa shape index (κ1) is 19.0. The van der Waals surface area contributed by atoms with Crippen LogP contribution in [0.5, 0.6) is 11.5 Å². The second kappa shape index (κ2) is 7.44. The van der Waals surface area contributed by atoms with Crippen LogP contribution in [0.25, 0.3) is 0 Å². The molecule has 0 heterocycles. The minimum absolute atomic E-state index is 0.190. The Bertz CT molecular complexity index is 999. The van der Waals surface area contributed by atoms with Gasteiger partial charge in [-0.1, -0.05) is 29.8 Å². The quantitative estimate of drug-likeness (QED) is 0.780. The molecule has 1 unspecified atom stereocenters. The molecule has 0 bridgehead atoms. The topological polar surface area (TPSA) is 101 Å². The number of aromatic hydroxyl groups is 1. The Morgan fingerprint density at radius 3 is 2.44 bits per heavy atom. The zero-order valence-electron chi connectivity index (χ0n) is 14.8. The number of phenols is 1. The third-order valence-corrected chi connectivity index (χ3v) is 5.78. The summed E-state index contributed by atoms with van der Waals surface area (Å²) in [7, 11) is -2.44. The van der Waals surface area contributed by atoms with Gasteiger partial charge in [0.1, 0.15) is 17.1 Å². The van der Waals surface area contributed by atoms with Crippen LogP contribution >= 0.6 is 0 Å². The number of hydrogen-bond acceptors (Lipinski definition) is 5. The lowest BCUT2D eigenvalue weighted by atomic mass is 9.79. The molecule has 7 heteroatoms. The maximum atomic E-state index is 12.0. The number of hydrogen-bond donors (Lipinski definition) is 2. The average molecular weight is 388 g/mol. The van der Waals surface area contributed by atoms with E-state index in [1.54, 1.807) is 0 Å². The number of rotatable bonds is 4. The van der Waals surface area contributed by atoms with Crippen LogP contribution in [0.1, 0.15) is 47.2 Å². The van der Waals surface area contributed by atoms with Crippen molar-refractivity contribution in [2.45, 2.75) is 38.2 Å². The Labute approximate surface area is 158 Å². The molecule has 27 heavy (non-hydrogen) atoms. The molecule has 0 spiro atoms. The van der Waals surface area contributed by atoms with Crippen LogP contribution in [0.2, 0.25) is 0 Å². The second-order valence-electron chi connectivity index (χ2n) is 6.64. The number of carbonyl (C=O) groups is 1. The van der Waals surface area contributed by atoms with Gasteiger partial charge < -0.3 is 14.9 Å². The molecular weight excluding hydrogens is 368 g/mol. The highest BCUT2D eigenvalue weighted by atomic mass is 32.2. The number of carboxylic acid groups (broad SMARTS) is 1. The monoisotopic (exact) mass is 388 g/mol. The summed E-state index contributed by atoms with van der Waals surface area (Å²) < 4.78 is 30.1. The van der Waals surface area contributed by atoms with Crippen molar-refractivity contribution in [2.75, 3.05) is 0 Å². The van der Waals surface area contributed by atoms with Gasteiger partial charge in [0.2, 0.25) is 10.3 Å². The van der Waals surface area contributed by atoms with Gasteiger partial charge in [-0.2, -0.15) is 8.42 Å². The molecule has 2 aromatic carbocycles. The van der Waals surface area contributed by atoms with Crippen LogP contribution in [0.15, 0.2) is 42.5 Å². The van der Waals surface area contributed by atoms with E-state index in [1.807, 2.05) is 31.2 Å². The van der Waals surface area contributed by atoms with E-state index in [9.17, 15) is 23.4 Å². The lowest BCUT2D eigenvalue weighted by Crippen LogP contribution is -2.44. The van der Waals surface area contributed by atoms with Gasteiger partial charge in [-0.05, 0) is 50.8 Å². The molecule has 1 fully saturated rings. The Hall–Kier alpha value is -2.80. The number of aromatic carboxylic acids is 1. The standard InChI is InChI=1S/C20H20O6S/c1-13-5-7-14(8-6-13)20(11-3-2-4-18(20)27(24)25)26-15-9-10-17(21)16(12-15)19(22)23/h5-10,12,21H,2-4,11H2,1H3,(H,22,23). The number of carboxylic acids is 1. The third-order valence-electron chi connectivity index (χ3n) is 4.84. The van der Waals surface area contributed by atoms with Gasteiger partial charge in [0.15, 0.2) is 5.60 Å². The second-order valence-corrected chi connectivity index (χ2v) is 7.61. The van der Waals surface area contributed by atoms with E-state index in [0.29, 0.717) is 18.4 Å². The third kappa shape index (κ3) is 3.68. The molecule has 0 aliphatic heterocycles. The highest BCUT2D eigenvalue weighted by molar-refractivity contribution is 7.73. The van der Waals surface area contributed by atoms with Gasteiger partial charge in [-0.3, -0.25) is 0 Å². The predicted molar refractivity (Wildman–Crippen MR) is 101 cm³/mol. The number of benzene rings is 2. The average Bonchev–Trinajstić information content (AvgIpc) is 2.63. The van der Waals surface area contributed by atoms with Crippen molar-refractivity contribution in [3.05, 3.63) is 59.2 Å². The van der Waals surface area contributed by atoms with E-state index in [2.05, 4.69) is 0 Å². The van der Waals surface area contributed by atoms with E-state index >= 15 is 0 Å². The summed E-state index contributed by atoms with van der Waals surface area (Å²) in [6.45, 7) is 1.94. The summed E-state index contributed by atoms with van der Waals surface area (Å²) in [6, 6.07) is 11.3. The maximum Gasteiger partial charge on any atom is 0.339 e. The smallest absolute Gasteiger partial charge is 0.339 e. The van der Waals surface area contributed by atoms with E-state index in [-0.39, 0.29) is 21.9 Å². The van der Waals surface area contributed by atoms with Gasteiger partial charge in [0.25, 0.3) is 0 Å². The molecule has 0 amide bonds. The summed E-state index contributed by atoms with van der Waals surface area (Å²) in [5, 5.41) is 19.0. The van der Waals surface area contributed by atoms with Crippen LogP contribution in [0.3, 0.4) is 0 Å². The van der Waals surface area contributed by atoms with Gasteiger partial charge in [-0.25, -0.2) is 4.79 Å². The molecule has 1 saturated carbocycles. The van der Waals surface area contributed by atoms with Crippen molar-refractivity contribution in [2.24, 2.45) is 0 Å². The maximum absolute atomic E-state index is 12.0. The summed E-state index contributed by atoms with van der Waals surface area (Å²) in [5.74, 6) is -1.47. The first-order chi connectivity index (χ1) is 12.8. The van der Waals surface area contributed by atoms with Gasteiger partial charge >= 0.3 is 5.97 Å². The zero-order chi connectivity index (χ0) is 19.6. The van der Waals surface area contributed by atoms with Gasteiger partial charge in [0.05, 0.1) is 4.86 Å². The van der Waals surface area contributed by atoms with Crippen LogP contribution in [-0.2, 0) is 15.9 Å². The summed E-state index contributed by atoms with van der Waals surface area (Å²) in [4.78, 5) is 11.6. The molecule has 2 aromatic rings. The molecule has 3 rings (SSSR count). The van der Waals surface area contributed by atoms with E-state index in [0.717, 1.165) is 18.4 Å². The molecule has 0 radical (unpaired) electrons. The molecule has 142 valence electrons. The van der Waals surface area contributed by atoms with Crippen molar-refractivity contribution in [3.8, 4) is 11.5 Å². The lowest BCUT2D eigenvalue weighted by Gasteiger charge is -2.38. The van der Waals surface area contributed by atoms with Crippen molar-refractivity contribution in [1.82, 2.24) is 0 Å². The fourth-order valence-corrected chi connectivity index (χ4v) is 4.31. The van der Waals surface area contributed by atoms with Crippen LogP contribution in [0, 0.1) is 6.92 Å². The minimum Gasteiger partial charge on any atom is -0.507 e. The van der Waals surface area contributed by atoms with Gasteiger partial charge in [-0.15, -0.1) is 0 Å². The molecule has 2 N–H and O–H groups in total. The van der Waals surface area contributed by atoms with E-state index in [1.165, 1.54) is 18.2 Å². The molecule has 1 aliphatic carbocycles. The first-order valence-corrected chi connectivity index (χ1v) is 9.69. The molecule has 6 nitrogen and oxygen atoms in total. The highest BCUT2D eigenvalue weighted by Crippen LogP contribution is 2.40. The fourth-order valence-electron chi connectivity index (χ4n) is 3.46. The zero-order valence-corrected chi connectivity index (χ0v) is 15.6. The normalized spacial score (nSPS) is 19.5. The molecule has 0 saturated heterocycles. The minimum atomic E-state index is -2.44. The van der Waals surface area contributed by atoms with Gasteiger partial charge in [0, 0.05) is 5.56 Å². The van der Waals surface area contributed by atoms with E-state index < -0.39 is 21.9 Å². The number of aryl methyl sites for hydroxylation is 1. The molecule has 1 aliphatic rings. The predicted octanol–water partition coefficient (Wildman–Crippen LogP) is 3.30. The Kier molecular flexibility index (Phi) is 5.23. The van der Waals surface area contributed by atoms with Crippen LogP contribution < -0.4 is 4.74 Å². The van der Waals surface area contributed by atoms with Crippen molar-refractivity contribution >= 4 is 21.1 Å². The number of ether oxygens (including phenoxy) is 1.